The van der Waals surface area contributed by atoms with Crippen molar-refractivity contribution in [1.29, 1.82) is 0 Å². The SMILES string of the molecule is CC(C)S(O)(O)Nc1cccnc1. The molecule has 1 aromatic rings. The van der Waals surface area contributed by atoms with Crippen LogP contribution in [0.1, 0.15) is 13.8 Å². The number of nitrogens with zero attached hydrogens (tertiary/aromatic N) is 1. The van der Waals surface area contributed by atoms with Crippen LogP contribution in [0, 0.1) is 0 Å². The average Bonchev–Trinajstić information content (AvgIpc) is 2.05. The largest absolute Gasteiger partial charge is 0.283 e. The van der Waals surface area contributed by atoms with Gasteiger partial charge in [-0.15, -0.1) is 10.8 Å². The van der Waals surface area contributed by atoms with Gasteiger partial charge in [-0.05, 0) is 26.0 Å². The first-order valence-corrected chi connectivity index (χ1v) is 5.58. The number of pyridine rings is 1. The predicted molar refractivity (Wildman–Crippen MR) is 55.8 cm³/mol. The van der Waals surface area contributed by atoms with Crippen LogP contribution in [0.25, 0.3) is 0 Å². The second-order valence-electron chi connectivity index (χ2n) is 2.99. The smallest absolute Gasteiger partial charge is 0.0719 e. The van der Waals surface area contributed by atoms with Gasteiger partial charge >= 0.3 is 0 Å². The summed E-state index contributed by atoms with van der Waals surface area (Å²) in [4.78, 5) is 3.86. The van der Waals surface area contributed by atoms with Gasteiger partial charge in [0.15, 0.2) is 0 Å². The van der Waals surface area contributed by atoms with Crippen LogP contribution in [-0.2, 0) is 0 Å². The fourth-order valence-corrected chi connectivity index (χ4v) is 1.42. The highest BCUT2D eigenvalue weighted by molar-refractivity contribution is 8.25. The molecule has 0 saturated heterocycles. The van der Waals surface area contributed by atoms with E-state index in [4.69, 9.17) is 0 Å². The Morgan fingerprint density at radius 1 is 1.46 bits per heavy atom. The molecule has 0 aliphatic heterocycles. The van der Waals surface area contributed by atoms with Crippen LogP contribution in [0.2, 0.25) is 0 Å². The predicted octanol–water partition coefficient (Wildman–Crippen LogP) is 2.57. The van der Waals surface area contributed by atoms with E-state index in [1.165, 1.54) is 0 Å². The summed E-state index contributed by atoms with van der Waals surface area (Å²) in [6.07, 6.45) is 3.18. The summed E-state index contributed by atoms with van der Waals surface area (Å²) in [7, 11) is -2.74. The van der Waals surface area contributed by atoms with Crippen LogP contribution < -0.4 is 4.72 Å². The van der Waals surface area contributed by atoms with Crippen molar-refractivity contribution in [3.63, 3.8) is 0 Å². The van der Waals surface area contributed by atoms with Gasteiger partial charge in [-0.1, -0.05) is 0 Å². The zero-order chi connectivity index (χ0) is 9.90. The van der Waals surface area contributed by atoms with E-state index in [9.17, 15) is 9.11 Å². The number of nitrogens with one attached hydrogen (secondary N) is 1. The maximum atomic E-state index is 9.55. The molecule has 13 heavy (non-hydrogen) atoms. The summed E-state index contributed by atoms with van der Waals surface area (Å²) < 4.78 is 21.7. The van der Waals surface area contributed by atoms with Crippen molar-refractivity contribution in [2.24, 2.45) is 0 Å². The molecule has 1 rings (SSSR count). The Kier molecular flexibility index (Phi) is 3.13. The Bertz CT molecular complexity index is 264. The fraction of sp³-hybridized carbons (Fsp3) is 0.375. The van der Waals surface area contributed by atoms with E-state index in [2.05, 4.69) is 9.71 Å². The summed E-state index contributed by atoms with van der Waals surface area (Å²) >= 11 is 0. The number of hydrogen-bond donors (Lipinski definition) is 3. The number of hydrogen-bond acceptors (Lipinski definition) is 4. The third kappa shape index (κ3) is 2.87. The Morgan fingerprint density at radius 3 is 2.62 bits per heavy atom. The average molecular weight is 202 g/mol. The van der Waals surface area contributed by atoms with Gasteiger partial charge in [-0.3, -0.25) is 18.8 Å². The van der Waals surface area contributed by atoms with E-state index in [1.54, 1.807) is 38.4 Å². The summed E-state index contributed by atoms with van der Waals surface area (Å²) in [5.41, 5.74) is 0.621. The van der Waals surface area contributed by atoms with Crippen LogP contribution in [0.15, 0.2) is 24.5 Å². The van der Waals surface area contributed by atoms with Crippen LogP contribution in [-0.4, -0.2) is 19.3 Å². The molecule has 0 atom stereocenters. The van der Waals surface area contributed by atoms with E-state index in [0.717, 1.165) is 0 Å². The molecule has 0 spiro atoms. The van der Waals surface area contributed by atoms with E-state index < -0.39 is 10.8 Å². The molecule has 0 bridgehead atoms. The molecule has 0 amide bonds. The molecule has 4 nitrogen and oxygen atoms in total. The summed E-state index contributed by atoms with van der Waals surface area (Å²) in [5.74, 6) is 0. The maximum absolute atomic E-state index is 9.55. The third-order valence-corrected chi connectivity index (χ3v) is 3.44. The third-order valence-electron chi connectivity index (χ3n) is 1.59. The van der Waals surface area contributed by atoms with Gasteiger partial charge in [-0.2, -0.15) is 0 Å². The molecule has 0 aromatic carbocycles. The molecule has 0 aliphatic carbocycles. The number of aromatic nitrogens is 1. The summed E-state index contributed by atoms with van der Waals surface area (Å²) in [5, 5.41) is -0.215. The molecule has 0 saturated carbocycles. The molecule has 1 heterocycles. The van der Waals surface area contributed by atoms with E-state index >= 15 is 0 Å². The van der Waals surface area contributed by atoms with Crippen molar-refractivity contribution < 1.29 is 9.11 Å². The topological polar surface area (TPSA) is 65.4 Å². The molecule has 5 heteroatoms. The Morgan fingerprint density at radius 2 is 2.15 bits per heavy atom. The van der Waals surface area contributed by atoms with Gasteiger partial charge in [0.25, 0.3) is 0 Å². The van der Waals surface area contributed by atoms with Crippen molar-refractivity contribution in [2.45, 2.75) is 19.1 Å². The molecule has 1 aromatic heterocycles. The Hall–Kier alpha value is -0.780. The lowest BCUT2D eigenvalue weighted by Crippen LogP contribution is -2.18. The maximum Gasteiger partial charge on any atom is 0.0719 e. The highest BCUT2D eigenvalue weighted by Crippen LogP contribution is 2.43. The first-order valence-electron chi connectivity index (χ1n) is 3.97. The van der Waals surface area contributed by atoms with Gasteiger partial charge in [-0.25, -0.2) is 0 Å². The number of anilines is 1. The van der Waals surface area contributed by atoms with Gasteiger partial charge in [0.05, 0.1) is 17.1 Å². The summed E-state index contributed by atoms with van der Waals surface area (Å²) in [6.45, 7) is 3.50. The highest BCUT2D eigenvalue weighted by atomic mass is 32.3. The molecule has 74 valence electrons. The normalized spacial score (nSPS) is 13.0. The van der Waals surface area contributed by atoms with E-state index in [-0.39, 0.29) is 5.25 Å². The first kappa shape index (κ1) is 10.3. The van der Waals surface area contributed by atoms with Crippen molar-refractivity contribution >= 4 is 16.5 Å². The van der Waals surface area contributed by atoms with Crippen molar-refractivity contribution in [3.8, 4) is 0 Å². The van der Waals surface area contributed by atoms with Crippen LogP contribution in [0.3, 0.4) is 0 Å². The second kappa shape index (κ2) is 3.95. The van der Waals surface area contributed by atoms with Crippen LogP contribution >= 0.6 is 10.8 Å². The summed E-state index contributed by atoms with van der Waals surface area (Å²) in [6, 6.07) is 3.47. The molecule has 3 N–H and O–H groups in total. The first-order chi connectivity index (χ1) is 6.02. The molecule has 0 aliphatic rings. The van der Waals surface area contributed by atoms with Crippen molar-refractivity contribution in [3.05, 3.63) is 24.5 Å². The molecule has 0 fully saturated rings. The Labute approximate surface area is 79.5 Å². The lowest BCUT2D eigenvalue weighted by molar-refractivity contribution is 0.484. The van der Waals surface area contributed by atoms with E-state index in [1.807, 2.05) is 0 Å². The zero-order valence-corrected chi connectivity index (χ0v) is 8.45. The van der Waals surface area contributed by atoms with E-state index in [0.29, 0.717) is 5.69 Å². The standard InChI is InChI=1S/C8H14N2O2S/c1-7(2)13(11,12)10-8-4-3-5-9-6-8/h3-7,10-12H,1-2H3. The van der Waals surface area contributed by atoms with Crippen LogP contribution in [0.4, 0.5) is 5.69 Å². The molecular weight excluding hydrogens is 188 g/mol. The molecular formula is C8H14N2O2S. The van der Waals surface area contributed by atoms with Gasteiger partial charge < -0.3 is 0 Å². The minimum absolute atomic E-state index is 0.215. The highest BCUT2D eigenvalue weighted by Gasteiger charge is 2.16. The zero-order valence-electron chi connectivity index (χ0n) is 7.64. The minimum Gasteiger partial charge on any atom is -0.283 e. The van der Waals surface area contributed by atoms with Crippen LogP contribution in [0.5, 0.6) is 0 Å². The molecule has 0 unspecified atom stereocenters. The van der Waals surface area contributed by atoms with Gasteiger partial charge in [0, 0.05) is 6.20 Å². The van der Waals surface area contributed by atoms with Crippen molar-refractivity contribution in [2.75, 3.05) is 4.72 Å². The molecule has 0 radical (unpaired) electrons. The van der Waals surface area contributed by atoms with Gasteiger partial charge in [0.1, 0.15) is 0 Å². The Balaban J connectivity index is 2.69. The second-order valence-corrected chi connectivity index (χ2v) is 5.32. The van der Waals surface area contributed by atoms with Gasteiger partial charge in [0.2, 0.25) is 0 Å². The lowest BCUT2D eigenvalue weighted by atomic mass is 10.4. The number of rotatable bonds is 3. The monoisotopic (exact) mass is 202 g/mol. The quantitative estimate of drug-likeness (QED) is 0.704. The van der Waals surface area contributed by atoms with Crippen molar-refractivity contribution in [1.82, 2.24) is 4.98 Å². The minimum atomic E-state index is -2.74. The lowest BCUT2D eigenvalue weighted by Gasteiger charge is -2.37. The fourth-order valence-electron chi connectivity index (χ4n) is 0.714.